The normalized spacial score (nSPS) is 20.5. The molecule has 1 aromatic heterocycles. The lowest BCUT2D eigenvalue weighted by atomic mass is 9.77. The number of carbonyl (C=O) groups excluding carboxylic acids is 1. The highest BCUT2D eigenvalue weighted by molar-refractivity contribution is 7.12. The van der Waals surface area contributed by atoms with Crippen LogP contribution < -0.4 is 9.80 Å². The van der Waals surface area contributed by atoms with Gasteiger partial charge in [-0.3, -0.25) is 4.79 Å². The van der Waals surface area contributed by atoms with Gasteiger partial charge in [0.15, 0.2) is 0 Å². The first-order chi connectivity index (χ1) is 16.9. The van der Waals surface area contributed by atoms with Crippen molar-refractivity contribution in [1.29, 1.82) is 0 Å². The third-order valence-corrected chi connectivity index (χ3v) is 7.80. The zero-order chi connectivity index (χ0) is 24.5. The molecule has 0 radical (unpaired) electrons. The Hall–Kier alpha value is -3.38. The van der Waals surface area contributed by atoms with Crippen molar-refractivity contribution in [3.8, 4) is 0 Å². The van der Waals surface area contributed by atoms with Crippen molar-refractivity contribution in [2.45, 2.75) is 25.3 Å². The number of allylic oxidation sites excluding steroid dienone is 1. The lowest BCUT2D eigenvalue weighted by Crippen LogP contribution is -2.31. The zero-order valence-electron chi connectivity index (χ0n) is 20.8. The van der Waals surface area contributed by atoms with Crippen LogP contribution in [0, 0.1) is 5.92 Å². The third-order valence-electron chi connectivity index (χ3n) is 6.94. The standard InChI is InChI=1S/C29H32N4OS/c1-31(2)23-14-10-20(11-15-23)19-22-7-5-8-25-27(22)30-33(29(34)26-9-6-18-35-26)28(25)21-12-16-24(17-13-21)32(3)4/h6,9-19,25,28H,5,7-8H2,1-4H3/b22-19+/t25-,28-/m0/s1. The molecule has 1 fully saturated rings. The van der Waals surface area contributed by atoms with E-state index in [1.165, 1.54) is 28.2 Å². The van der Waals surface area contributed by atoms with Gasteiger partial charge in [-0.05, 0) is 77.8 Å². The number of anilines is 2. The molecule has 1 saturated carbocycles. The van der Waals surface area contributed by atoms with Gasteiger partial charge in [-0.2, -0.15) is 5.10 Å². The highest BCUT2D eigenvalue weighted by Gasteiger charge is 2.44. The van der Waals surface area contributed by atoms with E-state index in [1.54, 1.807) is 5.01 Å². The SMILES string of the molecule is CN(C)c1ccc(/C=C2\CCC[C@H]3C2=NN(C(=O)c2cccs2)[C@H]3c2ccc(N(C)C)cc2)cc1. The summed E-state index contributed by atoms with van der Waals surface area (Å²) in [5, 5.41) is 8.73. The Labute approximate surface area is 212 Å². The van der Waals surface area contributed by atoms with E-state index in [0.717, 1.165) is 41.1 Å². The van der Waals surface area contributed by atoms with Gasteiger partial charge < -0.3 is 9.80 Å². The highest BCUT2D eigenvalue weighted by atomic mass is 32.1. The van der Waals surface area contributed by atoms with Crippen LogP contribution in [-0.2, 0) is 0 Å². The van der Waals surface area contributed by atoms with Gasteiger partial charge >= 0.3 is 0 Å². The van der Waals surface area contributed by atoms with E-state index in [9.17, 15) is 4.79 Å². The summed E-state index contributed by atoms with van der Waals surface area (Å²) in [7, 11) is 8.19. The number of amides is 1. The first-order valence-electron chi connectivity index (χ1n) is 12.1. The van der Waals surface area contributed by atoms with Crippen molar-refractivity contribution >= 4 is 40.4 Å². The molecule has 0 saturated heterocycles. The zero-order valence-corrected chi connectivity index (χ0v) is 21.6. The van der Waals surface area contributed by atoms with E-state index in [4.69, 9.17) is 5.10 Å². The van der Waals surface area contributed by atoms with Gasteiger partial charge in [-0.15, -0.1) is 11.3 Å². The number of thiophene rings is 1. The molecule has 1 aliphatic carbocycles. The quantitative estimate of drug-likeness (QED) is 0.426. The Bertz CT molecular complexity index is 1240. The van der Waals surface area contributed by atoms with Gasteiger partial charge in [0.2, 0.25) is 0 Å². The number of hydrazone groups is 1. The molecule has 5 nitrogen and oxygen atoms in total. The minimum absolute atomic E-state index is 0.0155. The summed E-state index contributed by atoms with van der Waals surface area (Å²) in [4.78, 5) is 18.5. The van der Waals surface area contributed by atoms with Crippen LogP contribution in [0.4, 0.5) is 11.4 Å². The Kier molecular flexibility index (Phi) is 6.48. The predicted molar refractivity (Wildman–Crippen MR) is 148 cm³/mol. The highest BCUT2D eigenvalue weighted by Crippen LogP contribution is 2.45. The number of fused-ring (bicyclic) bond motifs is 1. The van der Waals surface area contributed by atoms with Gasteiger partial charge in [-0.25, -0.2) is 5.01 Å². The molecule has 5 rings (SSSR count). The second-order valence-electron chi connectivity index (χ2n) is 9.70. The number of hydrogen-bond acceptors (Lipinski definition) is 5. The van der Waals surface area contributed by atoms with Crippen LogP contribution in [0.3, 0.4) is 0 Å². The Morgan fingerprint density at radius 2 is 1.63 bits per heavy atom. The molecule has 0 bridgehead atoms. The molecule has 35 heavy (non-hydrogen) atoms. The molecule has 2 atom stereocenters. The molecule has 2 aliphatic rings. The molecule has 1 amide bonds. The van der Waals surface area contributed by atoms with Gasteiger partial charge in [-0.1, -0.05) is 30.3 Å². The van der Waals surface area contributed by atoms with E-state index < -0.39 is 0 Å². The maximum atomic E-state index is 13.6. The second-order valence-corrected chi connectivity index (χ2v) is 10.6. The molecular formula is C29H32N4OS. The Morgan fingerprint density at radius 3 is 2.23 bits per heavy atom. The molecule has 6 heteroatoms. The van der Waals surface area contributed by atoms with E-state index in [0.29, 0.717) is 0 Å². The van der Waals surface area contributed by atoms with Crippen LogP contribution in [0.2, 0.25) is 0 Å². The van der Waals surface area contributed by atoms with Crippen LogP contribution in [0.15, 0.2) is 76.7 Å². The molecule has 180 valence electrons. The van der Waals surface area contributed by atoms with Crippen molar-refractivity contribution in [2.75, 3.05) is 38.0 Å². The van der Waals surface area contributed by atoms with E-state index in [-0.39, 0.29) is 17.9 Å². The number of rotatable bonds is 5. The monoisotopic (exact) mass is 484 g/mol. The average Bonchev–Trinajstić information content (AvgIpc) is 3.53. The van der Waals surface area contributed by atoms with Crippen molar-refractivity contribution in [1.82, 2.24) is 5.01 Å². The largest absolute Gasteiger partial charge is 0.378 e. The van der Waals surface area contributed by atoms with Crippen molar-refractivity contribution < 1.29 is 4.79 Å². The first kappa shape index (κ1) is 23.4. The molecule has 0 N–H and O–H groups in total. The summed E-state index contributed by atoms with van der Waals surface area (Å²) < 4.78 is 0. The summed E-state index contributed by atoms with van der Waals surface area (Å²) in [5.41, 5.74) is 6.95. The lowest BCUT2D eigenvalue weighted by molar-refractivity contribution is 0.0686. The molecule has 3 aromatic rings. The van der Waals surface area contributed by atoms with Crippen LogP contribution in [0.25, 0.3) is 6.08 Å². The molecular weight excluding hydrogens is 452 g/mol. The average molecular weight is 485 g/mol. The number of nitrogens with zero attached hydrogens (tertiary/aromatic N) is 4. The van der Waals surface area contributed by atoms with E-state index in [1.807, 2.05) is 31.6 Å². The summed E-state index contributed by atoms with van der Waals surface area (Å²) in [6.07, 6.45) is 5.37. The van der Waals surface area contributed by atoms with Gasteiger partial charge in [0.05, 0.1) is 16.6 Å². The number of carbonyl (C=O) groups is 1. The van der Waals surface area contributed by atoms with Gasteiger partial charge in [0.1, 0.15) is 0 Å². The van der Waals surface area contributed by atoms with Crippen LogP contribution in [0.1, 0.15) is 46.1 Å². The summed E-state index contributed by atoms with van der Waals surface area (Å²) >= 11 is 1.48. The lowest BCUT2D eigenvalue weighted by Gasteiger charge is -2.30. The van der Waals surface area contributed by atoms with Crippen LogP contribution in [-0.4, -0.2) is 44.8 Å². The van der Waals surface area contributed by atoms with Gasteiger partial charge in [0, 0.05) is 45.5 Å². The second kappa shape index (κ2) is 9.70. The molecule has 2 heterocycles. The summed E-state index contributed by atoms with van der Waals surface area (Å²) in [6.45, 7) is 0. The maximum absolute atomic E-state index is 13.6. The molecule has 0 unspecified atom stereocenters. The minimum atomic E-state index is -0.0874. The molecule has 2 aromatic carbocycles. The number of benzene rings is 2. The fourth-order valence-electron chi connectivity index (χ4n) is 5.05. The van der Waals surface area contributed by atoms with E-state index >= 15 is 0 Å². The molecule has 0 spiro atoms. The fourth-order valence-corrected chi connectivity index (χ4v) is 5.71. The fraction of sp³-hybridized carbons (Fsp3) is 0.310. The van der Waals surface area contributed by atoms with Crippen molar-refractivity contribution in [2.24, 2.45) is 11.0 Å². The Morgan fingerprint density at radius 1 is 0.971 bits per heavy atom. The van der Waals surface area contributed by atoms with Crippen molar-refractivity contribution in [3.05, 3.63) is 87.6 Å². The summed E-state index contributed by atoms with van der Waals surface area (Å²) in [6, 6.07) is 20.9. The maximum Gasteiger partial charge on any atom is 0.284 e. The topological polar surface area (TPSA) is 39.1 Å². The van der Waals surface area contributed by atoms with Gasteiger partial charge in [0.25, 0.3) is 5.91 Å². The number of hydrogen-bond donors (Lipinski definition) is 0. The first-order valence-corrected chi connectivity index (χ1v) is 13.0. The summed E-state index contributed by atoms with van der Waals surface area (Å²) in [5.74, 6) is 0.184. The minimum Gasteiger partial charge on any atom is -0.378 e. The molecule has 1 aliphatic heterocycles. The van der Waals surface area contributed by atoms with Crippen molar-refractivity contribution in [3.63, 3.8) is 0 Å². The van der Waals surface area contributed by atoms with E-state index in [2.05, 4.69) is 78.5 Å². The predicted octanol–water partition coefficient (Wildman–Crippen LogP) is 6.32. The van der Waals surface area contributed by atoms with Crippen LogP contribution in [0.5, 0.6) is 0 Å². The smallest absolute Gasteiger partial charge is 0.284 e. The third kappa shape index (κ3) is 4.63. The Balaban J connectivity index is 1.53. The van der Waals surface area contributed by atoms with Crippen LogP contribution >= 0.6 is 11.3 Å².